The summed E-state index contributed by atoms with van der Waals surface area (Å²) in [6.07, 6.45) is 2.10. The number of nitrogens with two attached hydrogens (primary N) is 1. The maximum absolute atomic E-state index is 12.3. The molecule has 4 heteroatoms. The van der Waals surface area contributed by atoms with Crippen molar-refractivity contribution in [2.45, 2.75) is 53.0 Å². The van der Waals surface area contributed by atoms with Crippen LogP contribution in [0.25, 0.3) is 0 Å². The number of hydrogen-bond donors (Lipinski definition) is 1. The van der Waals surface area contributed by atoms with Crippen LogP contribution in [-0.4, -0.2) is 42.6 Å². The van der Waals surface area contributed by atoms with Crippen LogP contribution in [-0.2, 0) is 9.53 Å². The Morgan fingerprint density at radius 3 is 2.10 bits per heavy atom. The molecular formula is C16H32N2O2. The zero-order valence-electron chi connectivity index (χ0n) is 13.8. The van der Waals surface area contributed by atoms with Crippen molar-refractivity contribution in [2.75, 3.05) is 26.2 Å². The maximum Gasteiger partial charge on any atom is 0.327 e. The Kier molecular flexibility index (Phi) is 6.46. The standard InChI is InChI=1S/C16H32N2O2/c1-6-20-15(19)16(17,14-7-8-14)11-18(9-12(2)3)10-13(4)5/h12-14H,6-11,17H2,1-5H3. The monoisotopic (exact) mass is 284 g/mol. The highest BCUT2D eigenvalue weighted by atomic mass is 16.5. The number of carbonyl (C=O) groups is 1. The average Bonchev–Trinajstić information content (AvgIpc) is 3.10. The summed E-state index contributed by atoms with van der Waals surface area (Å²) < 4.78 is 5.23. The molecule has 0 saturated heterocycles. The van der Waals surface area contributed by atoms with E-state index in [0.717, 1.165) is 25.9 Å². The molecule has 1 unspecified atom stereocenters. The molecule has 1 aliphatic rings. The van der Waals surface area contributed by atoms with Gasteiger partial charge in [0, 0.05) is 19.6 Å². The van der Waals surface area contributed by atoms with Crippen molar-refractivity contribution in [3.05, 3.63) is 0 Å². The van der Waals surface area contributed by atoms with Crippen molar-refractivity contribution < 1.29 is 9.53 Å². The van der Waals surface area contributed by atoms with E-state index >= 15 is 0 Å². The Labute approximate surface area is 124 Å². The van der Waals surface area contributed by atoms with E-state index in [-0.39, 0.29) is 5.97 Å². The Morgan fingerprint density at radius 2 is 1.75 bits per heavy atom. The molecule has 2 N–H and O–H groups in total. The minimum Gasteiger partial charge on any atom is -0.465 e. The summed E-state index contributed by atoms with van der Waals surface area (Å²) in [6, 6.07) is 0. The summed E-state index contributed by atoms with van der Waals surface area (Å²) in [5, 5.41) is 0. The van der Waals surface area contributed by atoms with Gasteiger partial charge >= 0.3 is 5.97 Å². The van der Waals surface area contributed by atoms with Gasteiger partial charge in [-0.15, -0.1) is 0 Å². The van der Waals surface area contributed by atoms with E-state index in [1.165, 1.54) is 0 Å². The molecule has 0 spiro atoms. The second kappa shape index (κ2) is 7.41. The highest BCUT2D eigenvalue weighted by molar-refractivity contribution is 5.82. The fourth-order valence-electron chi connectivity index (χ4n) is 2.83. The first-order valence-electron chi connectivity index (χ1n) is 7.98. The number of nitrogens with zero attached hydrogens (tertiary/aromatic N) is 1. The zero-order valence-corrected chi connectivity index (χ0v) is 13.8. The van der Waals surface area contributed by atoms with Crippen molar-refractivity contribution in [2.24, 2.45) is 23.5 Å². The molecule has 1 saturated carbocycles. The largest absolute Gasteiger partial charge is 0.465 e. The van der Waals surface area contributed by atoms with Crippen LogP contribution in [0.15, 0.2) is 0 Å². The smallest absolute Gasteiger partial charge is 0.327 e. The lowest BCUT2D eigenvalue weighted by atomic mass is 9.93. The van der Waals surface area contributed by atoms with E-state index in [1.54, 1.807) is 0 Å². The summed E-state index contributed by atoms with van der Waals surface area (Å²) >= 11 is 0. The van der Waals surface area contributed by atoms with Crippen LogP contribution in [0.2, 0.25) is 0 Å². The number of ether oxygens (including phenoxy) is 1. The van der Waals surface area contributed by atoms with Gasteiger partial charge in [-0.3, -0.25) is 0 Å². The summed E-state index contributed by atoms with van der Waals surface area (Å²) in [5.74, 6) is 1.21. The molecule has 4 nitrogen and oxygen atoms in total. The number of rotatable bonds is 9. The molecule has 0 aliphatic heterocycles. The molecule has 0 amide bonds. The van der Waals surface area contributed by atoms with Crippen LogP contribution in [0.1, 0.15) is 47.5 Å². The number of esters is 1. The van der Waals surface area contributed by atoms with E-state index in [9.17, 15) is 4.79 Å². The van der Waals surface area contributed by atoms with E-state index < -0.39 is 5.54 Å². The lowest BCUT2D eigenvalue weighted by Crippen LogP contribution is -2.59. The van der Waals surface area contributed by atoms with Crippen molar-refractivity contribution in [3.8, 4) is 0 Å². The van der Waals surface area contributed by atoms with Crippen LogP contribution in [0.4, 0.5) is 0 Å². The summed E-state index contributed by atoms with van der Waals surface area (Å²) in [4.78, 5) is 14.6. The van der Waals surface area contributed by atoms with Crippen LogP contribution in [0.5, 0.6) is 0 Å². The van der Waals surface area contributed by atoms with Crippen LogP contribution >= 0.6 is 0 Å². The molecule has 1 atom stereocenters. The SMILES string of the molecule is CCOC(=O)C(N)(CN(CC(C)C)CC(C)C)C1CC1. The minimum absolute atomic E-state index is 0.222. The third-order valence-electron chi connectivity index (χ3n) is 3.69. The van der Waals surface area contributed by atoms with E-state index in [4.69, 9.17) is 10.5 Å². The Morgan fingerprint density at radius 1 is 1.25 bits per heavy atom. The quantitative estimate of drug-likeness (QED) is 0.660. The molecule has 0 radical (unpaired) electrons. The van der Waals surface area contributed by atoms with E-state index in [0.29, 0.717) is 30.9 Å². The lowest BCUT2D eigenvalue weighted by molar-refractivity contribution is -0.151. The average molecular weight is 284 g/mol. The molecule has 1 aliphatic carbocycles. The summed E-state index contributed by atoms with van der Waals surface area (Å²) in [7, 11) is 0. The molecule has 0 aromatic carbocycles. The summed E-state index contributed by atoms with van der Waals surface area (Å²) in [5.41, 5.74) is 5.65. The molecule has 0 bridgehead atoms. The highest BCUT2D eigenvalue weighted by Crippen LogP contribution is 2.39. The third-order valence-corrected chi connectivity index (χ3v) is 3.69. The zero-order chi connectivity index (χ0) is 15.3. The lowest BCUT2D eigenvalue weighted by Gasteiger charge is -2.35. The van der Waals surface area contributed by atoms with Gasteiger partial charge in [0.05, 0.1) is 6.61 Å². The minimum atomic E-state index is -0.820. The first-order valence-corrected chi connectivity index (χ1v) is 7.98. The van der Waals surface area contributed by atoms with Crippen molar-refractivity contribution in [3.63, 3.8) is 0 Å². The summed E-state index contributed by atoms with van der Waals surface area (Å²) in [6.45, 7) is 13.6. The molecule has 118 valence electrons. The predicted octanol–water partition coefficient (Wildman–Crippen LogP) is 2.27. The van der Waals surface area contributed by atoms with Gasteiger partial charge in [0.15, 0.2) is 0 Å². The Bertz CT molecular complexity index is 304. The van der Waals surface area contributed by atoms with Gasteiger partial charge in [-0.05, 0) is 37.5 Å². The van der Waals surface area contributed by atoms with Gasteiger partial charge in [-0.1, -0.05) is 27.7 Å². The fourth-order valence-corrected chi connectivity index (χ4v) is 2.83. The van der Waals surface area contributed by atoms with E-state index in [1.807, 2.05) is 6.92 Å². The van der Waals surface area contributed by atoms with Crippen LogP contribution < -0.4 is 5.73 Å². The maximum atomic E-state index is 12.3. The second-order valence-corrected chi connectivity index (χ2v) is 7.02. The predicted molar refractivity (Wildman–Crippen MR) is 82.4 cm³/mol. The third kappa shape index (κ3) is 5.06. The first kappa shape index (κ1) is 17.4. The van der Waals surface area contributed by atoms with Gasteiger partial charge in [0.25, 0.3) is 0 Å². The van der Waals surface area contributed by atoms with Gasteiger partial charge in [0.2, 0.25) is 0 Å². The molecule has 1 fully saturated rings. The topological polar surface area (TPSA) is 55.6 Å². The Hall–Kier alpha value is -0.610. The molecule has 0 aromatic rings. The molecule has 0 heterocycles. The molecule has 0 aromatic heterocycles. The van der Waals surface area contributed by atoms with Gasteiger partial charge in [-0.2, -0.15) is 0 Å². The van der Waals surface area contributed by atoms with Crippen molar-refractivity contribution >= 4 is 5.97 Å². The molecule has 1 rings (SSSR count). The first-order chi connectivity index (χ1) is 9.29. The van der Waals surface area contributed by atoms with Crippen molar-refractivity contribution in [1.82, 2.24) is 4.90 Å². The van der Waals surface area contributed by atoms with E-state index in [2.05, 4.69) is 32.6 Å². The van der Waals surface area contributed by atoms with Gasteiger partial charge in [-0.25, -0.2) is 4.79 Å². The molecular weight excluding hydrogens is 252 g/mol. The Balaban J connectivity index is 2.76. The highest BCUT2D eigenvalue weighted by Gasteiger charge is 2.50. The van der Waals surface area contributed by atoms with Gasteiger partial charge < -0.3 is 15.4 Å². The van der Waals surface area contributed by atoms with Crippen LogP contribution in [0, 0.1) is 17.8 Å². The van der Waals surface area contributed by atoms with Gasteiger partial charge in [0.1, 0.15) is 5.54 Å². The molecule has 20 heavy (non-hydrogen) atoms. The van der Waals surface area contributed by atoms with Crippen LogP contribution in [0.3, 0.4) is 0 Å². The van der Waals surface area contributed by atoms with Crippen molar-refractivity contribution in [1.29, 1.82) is 0 Å². The second-order valence-electron chi connectivity index (χ2n) is 7.02. The number of hydrogen-bond acceptors (Lipinski definition) is 4. The fraction of sp³-hybridized carbons (Fsp3) is 0.938. The number of carbonyl (C=O) groups excluding carboxylic acids is 1. The normalized spacial score (nSPS) is 18.6.